The minimum Gasteiger partial charge on any atom is -0.495 e. The Kier molecular flexibility index (Phi) is 7.60. The molecule has 0 spiro atoms. The van der Waals surface area contributed by atoms with Gasteiger partial charge < -0.3 is 20.7 Å². The molecule has 1 aromatic rings. The first kappa shape index (κ1) is 18.5. The average molecular weight is 337 g/mol. The second kappa shape index (κ2) is 9.46. The van der Waals surface area contributed by atoms with Crippen LogP contribution in [0.1, 0.15) is 6.42 Å². The van der Waals surface area contributed by atoms with Crippen LogP contribution < -0.4 is 15.8 Å². The van der Waals surface area contributed by atoms with Crippen LogP contribution in [0, 0.1) is 11.3 Å². The highest BCUT2D eigenvalue weighted by Gasteiger charge is 2.14. The zero-order valence-corrected chi connectivity index (χ0v) is 13.3. The predicted octanol–water partition coefficient (Wildman–Crippen LogP) is 1.50. The number of hydrogen-bond acceptors (Lipinski definition) is 5. The van der Waals surface area contributed by atoms with Gasteiger partial charge in [-0.05, 0) is 31.2 Å². The molecule has 0 saturated carbocycles. The molecule has 0 radical (unpaired) electrons. The summed E-state index contributed by atoms with van der Waals surface area (Å²) in [6.07, 6.45) is 2.26. The zero-order chi connectivity index (χ0) is 17.2. The largest absolute Gasteiger partial charge is 0.495 e. The lowest BCUT2D eigenvalue weighted by Crippen LogP contribution is -2.22. The van der Waals surface area contributed by atoms with E-state index in [2.05, 4.69) is 5.32 Å². The van der Waals surface area contributed by atoms with Gasteiger partial charge in [-0.1, -0.05) is 11.6 Å². The number of amides is 2. The number of nitrogens with zero attached hydrogens (tertiary/aromatic N) is 2. The highest BCUT2D eigenvalue weighted by atomic mass is 35.5. The van der Waals surface area contributed by atoms with Crippen LogP contribution in [0.25, 0.3) is 0 Å². The lowest BCUT2D eigenvalue weighted by Gasteiger charge is -2.13. The number of rotatable bonds is 8. The Hall–Kier alpha value is -2.56. The van der Waals surface area contributed by atoms with Crippen molar-refractivity contribution in [3.8, 4) is 11.8 Å². The van der Waals surface area contributed by atoms with Gasteiger partial charge in [-0.2, -0.15) is 5.26 Å². The van der Waals surface area contributed by atoms with Gasteiger partial charge in [-0.3, -0.25) is 9.59 Å². The van der Waals surface area contributed by atoms with Crippen LogP contribution in [0.15, 0.2) is 30.0 Å². The quantitative estimate of drug-likeness (QED) is 0.425. The summed E-state index contributed by atoms with van der Waals surface area (Å²) in [7, 11) is 1.45. The molecule has 23 heavy (non-hydrogen) atoms. The van der Waals surface area contributed by atoms with Gasteiger partial charge in [-0.25, -0.2) is 0 Å². The molecule has 1 rings (SSSR count). The van der Waals surface area contributed by atoms with Crippen molar-refractivity contribution < 1.29 is 14.3 Å². The number of carbonyl (C=O) groups is 2. The molecule has 0 atom stereocenters. The number of halogens is 1. The fourth-order valence-electron chi connectivity index (χ4n) is 1.69. The molecule has 0 heterocycles. The summed E-state index contributed by atoms with van der Waals surface area (Å²) in [5.74, 6) is -0.275. The first-order valence-electron chi connectivity index (χ1n) is 6.73. The number of benzene rings is 1. The minimum atomic E-state index is -0.673. The number of hydrogen-bond donors (Lipinski definition) is 2. The minimum absolute atomic E-state index is 0.226. The van der Waals surface area contributed by atoms with Crippen molar-refractivity contribution in [1.29, 1.82) is 5.26 Å². The Morgan fingerprint density at radius 1 is 1.57 bits per heavy atom. The normalized spacial score (nSPS) is 10.6. The van der Waals surface area contributed by atoms with E-state index in [1.807, 2.05) is 0 Å². The molecule has 2 amide bonds. The summed E-state index contributed by atoms with van der Waals surface area (Å²) >= 11 is 5.88. The molecule has 122 valence electrons. The molecule has 0 aromatic heterocycles. The smallest absolute Gasteiger partial charge is 0.267 e. The molecule has 0 unspecified atom stereocenters. The first-order chi connectivity index (χ1) is 11.0. The Labute approximate surface area is 139 Å². The van der Waals surface area contributed by atoms with E-state index in [0.29, 0.717) is 42.4 Å². The van der Waals surface area contributed by atoms with Crippen LogP contribution in [0.3, 0.4) is 0 Å². The number of nitrogens with two attached hydrogens (primary N) is 1. The number of methoxy groups -OCH3 is 1. The highest BCUT2D eigenvalue weighted by Crippen LogP contribution is 2.27. The summed E-state index contributed by atoms with van der Waals surface area (Å²) in [6.45, 7) is 0.713. The third-order valence-corrected chi connectivity index (χ3v) is 3.06. The van der Waals surface area contributed by atoms with E-state index in [4.69, 9.17) is 27.3 Å². The van der Waals surface area contributed by atoms with Gasteiger partial charge in [0.25, 0.3) is 5.91 Å². The lowest BCUT2D eigenvalue weighted by molar-refractivity contribution is -0.116. The Balaban J connectivity index is 2.95. The van der Waals surface area contributed by atoms with Crippen molar-refractivity contribution in [3.63, 3.8) is 0 Å². The molecule has 0 aliphatic heterocycles. The third-order valence-electron chi connectivity index (χ3n) is 2.83. The number of anilines is 1. The maximum absolute atomic E-state index is 12.2. The van der Waals surface area contributed by atoms with Crippen LogP contribution in [-0.2, 0) is 9.59 Å². The van der Waals surface area contributed by atoms with Crippen molar-refractivity contribution in [2.45, 2.75) is 6.42 Å². The Morgan fingerprint density at radius 2 is 2.30 bits per heavy atom. The van der Waals surface area contributed by atoms with Crippen molar-refractivity contribution in [2.24, 2.45) is 5.73 Å². The SMILES string of the molecule is COc1ccc(Cl)cc1NC(=O)/C(C#N)=C\N(C=O)CCCN. The van der Waals surface area contributed by atoms with Gasteiger partial charge in [0.2, 0.25) is 6.41 Å². The molecule has 0 aliphatic rings. The van der Waals surface area contributed by atoms with E-state index in [1.54, 1.807) is 18.2 Å². The topological polar surface area (TPSA) is 108 Å². The number of nitriles is 1. The molecule has 0 fully saturated rings. The maximum atomic E-state index is 12.2. The van der Waals surface area contributed by atoms with Crippen LogP contribution >= 0.6 is 11.6 Å². The molecule has 3 N–H and O–H groups in total. The van der Waals surface area contributed by atoms with Crippen molar-refractivity contribution in [1.82, 2.24) is 4.90 Å². The van der Waals surface area contributed by atoms with E-state index in [9.17, 15) is 9.59 Å². The zero-order valence-electron chi connectivity index (χ0n) is 12.6. The summed E-state index contributed by atoms with van der Waals surface area (Å²) in [5.41, 5.74) is 5.47. The highest BCUT2D eigenvalue weighted by molar-refractivity contribution is 6.31. The van der Waals surface area contributed by atoms with E-state index in [-0.39, 0.29) is 5.57 Å². The molecule has 1 aromatic carbocycles. The monoisotopic (exact) mass is 336 g/mol. The summed E-state index contributed by atoms with van der Waals surface area (Å²) in [4.78, 5) is 24.3. The van der Waals surface area contributed by atoms with Crippen LogP contribution in [0.5, 0.6) is 5.75 Å². The molecule has 0 aliphatic carbocycles. The number of ether oxygens (including phenoxy) is 1. The van der Waals surface area contributed by atoms with Crippen molar-refractivity contribution in [3.05, 3.63) is 35.0 Å². The van der Waals surface area contributed by atoms with Gasteiger partial charge in [0, 0.05) is 17.8 Å². The van der Waals surface area contributed by atoms with E-state index >= 15 is 0 Å². The number of carbonyl (C=O) groups excluding carboxylic acids is 2. The van der Waals surface area contributed by atoms with E-state index < -0.39 is 5.91 Å². The maximum Gasteiger partial charge on any atom is 0.267 e. The average Bonchev–Trinajstić information content (AvgIpc) is 2.55. The molecular weight excluding hydrogens is 320 g/mol. The standard InChI is InChI=1S/C15H17ClN4O3/c1-23-14-4-3-12(16)7-13(14)19-15(22)11(8-18)9-20(10-21)6-2-5-17/h3-4,7,9-10H,2,5-6,17H2,1H3,(H,19,22)/b11-9-. The number of nitrogens with one attached hydrogen (secondary N) is 1. The van der Waals surface area contributed by atoms with Gasteiger partial charge in [0.05, 0.1) is 12.8 Å². The van der Waals surface area contributed by atoms with Gasteiger partial charge in [-0.15, -0.1) is 0 Å². The Morgan fingerprint density at radius 3 is 2.87 bits per heavy atom. The molecule has 0 saturated heterocycles. The summed E-state index contributed by atoms with van der Waals surface area (Å²) in [5, 5.41) is 12.1. The van der Waals surface area contributed by atoms with Gasteiger partial charge in [0.1, 0.15) is 17.4 Å². The fraction of sp³-hybridized carbons (Fsp3) is 0.267. The third kappa shape index (κ3) is 5.62. The molecular formula is C15H17ClN4O3. The van der Waals surface area contributed by atoms with Gasteiger partial charge in [0.15, 0.2) is 0 Å². The Bertz CT molecular complexity index is 640. The summed E-state index contributed by atoms with van der Waals surface area (Å²) in [6, 6.07) is 6.46. The molecule has 0 bridgehead atoms. The van der Waals surface area contributed by atoms with E-state index in [0.717, 1.165) is 0 Å². The lowest BCUT2D eigenvalue weighted by atomic mass is 10.2. The second-order valence-electron chi connectivity index (χ2n) is 4.44. The molecule has 8 heteroatoms. The van der Waals surface area contributed by atoms with Crippen LogP contribution in [0.4, 0.5) is 5.69 Å². The summed E-state index contributed by atoms with van der Waals surface area (Å²) < 4.78 is 5.11. The first-order valence-corrected chi connectivity index (χ1v) is 7.11. The van der Waals surface area contributed by atoms with E-state index in [1.165, 1.54) is 24.3 Å². The van der Waals surface area contributed by atoms with Crippen molar-refractivity contribution >= 4 is 29.6 Å². The van der Waals surface area contributed by atoms with Gasteiger partial charge >= 0.3 is 0 Å². The fourth-order valence-corrected chi connectivity index (χ4v) is 1.87. The van der Waals surface area contributed by atoms with Crippen molar-refractivity contribution in [2.75, 3.05) is 25.5 Å². The predicted molar refractivity (Wildman–Crippen MR) is 86.8 cm³/mol. The molecule has 7 nitrogen and oxygen atoms in total. The second-order valence-corrected chi connectivity index (χ2v) is 4.88. The van der Waals surface area contributed by atoms with Crippen LogP contribution in [0.2, 0.25) is 5.02 Å². The van der Waals surface area contributed by atoms with Crippen LogP contribution in [-0.4, -0.2) is 37.4 Å².